The van der Waals surface area contributed by atoms with Gasteiger partial charge < -0.3 is 10.6 Å². The quantitative estimate of drug-likeness (QED) is 0.844. The molecule has 1 heterocycles. The Morgan fingerprint density at radius 3 is 2.20 bits per heavy atom. The fraction of sp³-hybridized carbons (Fsp3) is 0.941. The van der Waals surface area contributed by atoms with Crippen LogP contribution in [-0.4, -0.2) is 28.9 Å². The number of nitrogens with two attached hydrogens (primary N) is 1. The second-order valence-electron chi connectivity index (χ2n) is 9.49. The number of amides is 1. The van der Waals surface area contributed by atoms with Gasteiger partial charge in [0.15, 0.2) is 0 Å². The molecule has 1 amide bonds. The van der Waals surface area contributed by atoms with Gasteiger partial charge in [-0.25, -0.2) is 0 Å². The topological polar surface area (TPSA) is 46.3 Å². The van der Waals surface area contributed by atoms with Crippen molar-refractivity contribution in [2.75, 3.05) is 6.54 Å². The van der Waals surface area contributed by atoms with E-state index in [1.165, 1.54) is 6.42 Å². The second-order valence-corrected chi connectivity index (χ2v) is 9.49. The summed E-state index contributed by atoms with van der Waals surface area (Å²) in [6, 6.07) is 0.401. The number of hydrogen-bond acceptors (Lipinski definition) is 2. The van der Waals surface area contributed by atoms with Crippen LogP contribution in [0, 0.1) is 16.2 Å². The molecule has 1 aliphatic heterocycles. The lowest BCUT2D eigenvalue weighted by molar-refractivity contribution is -0.144. The second kappa shape index (κ2) is 4.22. The van der Waals surface area contributed by atoms with E-state index in [2.05, 4.69) is 25.7 Å². The number of likely N-dealkylation sites (tertiary alicyclic amines) is 1. The van der Waals surface area contributed by atoms with Crippen molar-refractivity contribution in [3.8, 4) is 0 Å². The third-order valence-corrected chi connectivity index (χ3v) is 5.82. The van der Waals surface area contributed by atoms with E-state index in [1.54, 1.807) is 0 Å². The first kappa shape index (κ1) is 15.8. The van der Waals surface area contributed by atoms with E-state index in [0.717, 1.165) is 19.4 Å². The third-order valence-electron chi connectivity index (χ3n) is 5.82. The Labute approximate surface area is 124 Å². The molecule has 1 saturated heterocycles. The molecule has 2 fully saturated rings. The van der Waals surface area contributed by atoms with Crippen molar-refractivity contribution in [1.82, 2.24) is 4.90 Å². The summed E-state index contributed by atoms with van der Waals surface area (Å²) in [6.45, 7) is 15.8. The molecular weight excluding hydrogens is 248 g/mol. The van der Waals surface area contributed by atoms with Gasteiger partial charge in [0.1, 0.15) is 0 Å². The maximum absolute atomic E-state index is 13.1. The van der Waals surface area contributed by atoms with Gasteiger partial charge in [-0.05, 0) is 57.8 Å². The fourth-order valence-electron chi connectivity index (χ4n) is 4.33. The molecule has 0 radical (unpaired) electrons. The van der Waals surface area contributed by atoms with Gasteiger partial charge in [0, 0.05) is 18.1 Å². The summed E-state index contributed by atoms with van der Waals surface area (Å²) < 4.78 is 0. The first-order chi connectivity index (χ1) is 8.78. The average molecular weight is 280 g/mol. The molecule has 2 atom stereocenters. The molecule has 2 unspecified atom stereocenters. The first-order valence-electron chi connectivity index (χ1n) is 7.88. The van der Waals surface area contributed by atoms with E-state index in [1.807, 2.05) is 27.7 Å². The summed E-state index contributed by atoms with van der Waals surface area (Å²) in [4.78, 5) is 15.2. The van der Waals surface area contributed by atoms with Crippen molar-refractivity contribution in [3.05, 3.63) is 0 Å². The maximum atomic E-state index is 13.1. The molecule has 0 spiro atoms. The van der Waals surface area contributed by atoms with E-state index < -0.39 is 11.0 Å². The van der Waals surface area contributed by atoms with Crippen LogP contribution < -0.4 is 5.73 Å². The zero-order chi connectivity index (χ0) is 15.6. The molecule has 116 valence electrons. The summed E-state index contributed by atoms with van der Waals surface area (Å²) in [5.41, 5.74) is 5.86. The fourth-order valence-corrected chi connectivity index (χ4v) is 4.33. The number of fused-ring (bicyclic) bond motifs is 2. The van der Waals surface area contributed by atoms with Crippen molar-refractivity contribution >= 4 is 5.91 Å². The number of rotatable bonds is 2. The van der Waals surface area contributed by atoms with E-state index in [0.29, 0.717) is 11.5 Å². The van der Waals surface area contributed by atoms with Crippen molar-refractivity contribution in [2.45, 2.75) is 79.3 Å². The van der Waals surface area contributed by atoms with Crippen LogP contribution in [0.25, 0.3) is 0 Å². The highest BCUT2D eigenvalue weighted by Crippen LogP contribution is 2.53. The molecule has 2 N–H and O–H groups in total. The molecule has 2 bridgehead atoms. The number of hydrogen-bond donors (Lipinski definition) is 1. The van der Waals surface area contributed by atoms with Gasteiger partial charge in [-0.3, -0.25) is 4.79 Å². The first-order valence-corrected chi connectivity index (χ1v) is 7.88. The van der Waals surface area contributed by atoms with Crippen LogP contribution in [0.15, 0.2) is 0 Å². The molecular formula is C17H32N2O. The number of nitrogens with zero attached hydrogens (tertiary/aromatic N) is 1. The minimum atomic E-state index is -0.523. The van der Waals surface area contributed by atoms with Crippen molar-refractivity contribution in [1.29, 1.82) is 0 Å². The van der Waals surface area contributed by atoms with Crippen LogP contribution >= 0.6 is 0 Å². The van der Waals surface area contributed by atoms with E-state index >= 15 is 0 Å². The SMILES string of the molecule is CC1(C)CC2CC(C)(CN2C(=O)C(C)(C)C(C)(C)N)C1. The summed E-state index contributed by atoms with van der Waals surface area (Å²) in [5.74, 6) is 0.233. The largest absolute Gasteiger partial charge is 0.339 e. The Kier molecular flexibility index (Phi) is 3.34. The predicted molar refractivity (Wildman–Crippen MR) is 83.3 cm³/mol. The van der Waals surface area contributed by atoms with E-state index in [-0.39, 0.29) is 11.3 Å². The van der Waals surface area contributed by atoms with Crippen LogP contribution in [0.2, 0.25) is 0 Å². The van der Waals surface area contributed by atoms with Crippen LogP contribution in [0.1, 0.15) is 67.7 Å². The van der Waals surface area contributed by atoms with Crippen molar-refractivity contribution in [3.63, 3.8) is 0 Å². The van der Waals surface area contributed by atoms with Gasteiger partial charge in [-0.1, -0.05) is 20.8 Å². The highest BCUT2D eigenvalue weighted by molar-refractivity contribution is 5.84. The Morgan fingerprint density at radius 2 is 1.70 bits per heavy atom. The predicted octanol–water partition coefficient (Wildman–Crippen LogP) is 3.18. The molecule has 20 heavy (non-hydrogen) atoms. The van der Waals surface area contributed by atoms with Gasteiger partial charge in [0.05, 0.1) is 5.41 Å². The van der Waals surface area contributed by atoms with Crippen LogP contribution in [0.5, 0.6) is 0 Å². The Bertz CT molecular complexity index is 419. The zero-order valence-corrected chi connectivity index (χ0v) is 14.3. The molecule has 0 aromatic heterocycles. The molecule has 3 nitrogen and oxygen atoms in total. The minimum absolute atomic E-state index is 0.233. The molecule has 3 heteroatoms. The lowest BCUT2D eigenvalue weighted by Crippen LogP contribution is -2.57. The summed E-state index contributed by atoms with van der Waals surface area (Å²) >= 11 is 0. The molecule has 0 aromatic carbocycles. The lowest BCUT2D eigenvalue weighted by atomic mass is 9.65. The van der Waals surface area contributed by atoms with Gasteiger partial charge >= 0.3 is 0 Å². The minimum Gasteiger partial charge on any atom is -0.339 e. The third kappa shape index (κ3) is 2.49. The lowest BCUT2D eigenvalue weighted by Gasteiger charge is -2.42. The van der Waals surface area contributed by atoms with Crippen LogP contribution in [0.4, 0.5) is 0 Å². The van der Waals surface area contributed by atoms with Gasteiger partial charge in [0.2, 0.25) is 5.91 Å². The molecule has 1 aliphatic carbocycles. The van der Waals surface area contributed by atoms with Gasteiger partial charge in [-0.15, -0.1) is 0 Å². The van der Waals surface area contributed by atoms with Crippen molar-refractivity contribution in [2.24, 2.45) is 22.0 Å². The Hall–Kier alpha value is -0.570. The van der Waals surface area contributed by atoms with E-state index in [9.17, 15) is 4.79 Å². The maximum Gasteiger partial charge on any atom is 0.230 e. The summed E-state index contributed by atoms with van der Waals surface area (Å²) in [7, 11) is 0. The highest BCUT2D eigenvalue weighted by atomic mass is 16.2. The summed E-state index contributed by atoms with van der Waals surface area (Å²) in [6.07, 6.45) is 3.49. The average Bonchev–Trinajstić information content (AvgIpc) is 2.44. The molecule has 0 aromatic rings. The zero-order valence-electron chi connectivity index (χ0n) is 14.3. The number of carbonyl (C=O) groups is 1. The number of carbonyl (C=O) groups excluding carboxylic acids is 1. The molecule has 2 rings (SSSR count). The van der Waals surface area contributed by atoms with Crippen LogP contribution in [-0.2, 0) is 4.79 Å². The van der Waals surface area contributed by atoms with Gasteiger partial charge in [-0.2, -0.15) is 0 Å². The monoisotopic (exact) mass is 280 g/mol. The van der Waals surface area contributed by atoms with Crippen molar-refractivity contribution < 1.29 is 4.79 Å². The Balaban J connectivity index is 2.26. The highest BCUT2D eigenvalue weighted by Gasteiger charge is 2.54. The Morgan fingerprint density at radius 1 is 1.15 bits per heavy atom. The molecule has 1 saturated carbocycles. The normalized spacial score (nSPS) is 33.4. The summed E-state index contributed by atoms with van der Waals surface area (Å²) in [5, 5.41) is 0. The standard InChI is InChI=1S/C17H32N2O/c1-14(2)8-12-9-17(7,10-14)11-19(12)13(20)15(3,4)16(5,6)18/h12H,8-11,18H2,1-7H3. The smallest absolute Gasteiger partial charge is 0.230 e. The molecule has 2 aliphatic rings. The van der Waals surface area contributed by atoms with Gasteiger partial charge in [0.25, 0.3) is 0 Å². The van der Waals surface area contributed by atoms with Crippen LogP contribution in [0.3, 0.4) is 0 Å². The van der Waals surface area contributed by atoms with E-state index in [4.69, 9.17) is 5.73 Å².